The van der Waals surface area contributed by atoms with Crippen molar-refractivity contribution in [1.29, 1.82) is 0 Å². The molecular formula is C9H19N3O. The second-order valence-corrected chi connectivity index (χ2v) is 3.55. The fourth-order valence-corrected chi connectivity index (χ4v) is 1.04. The van der Waals surface area contributed by atoms with Crippen molar-refractivity contribution in [2.75, 3.05) is 6.54 Å². The Morgan fingerprint density at radius 3 is 2.46 bits per heavy atom. The summed E-state index contributed by atoms with van der Waals surface area (Å²) >= 11 is 0. The number of guanidine groups is 1. The van der Waals surface area contributed by atoms with Crippen molar-refractivity contribution in [3.05, 3.63) is 0 Å². The first-order chi connectivity index (χ1) is 6.02. The molecule has 0 aromatic heterocycles. The van der Waals surface area contributed by atoms with E-state index in [2.05, 4.69) is 4.99 Å². The van der Waals surface area contributed by atoms with Crippen molar-refractivity contribution in [3.8, 4) is 0 Å². The molecule has 0 aliphatic carbocycles. The van der Waals surface area contributed by atoms with Gasteiger partial charge in [0.05, 0.1) is 0 Å². The molecule has 13 heavy (non-hydrogen) atoms. The summed E-state index contributed by atoms with van der Waals surface area (Å²) in [5.74, 6) is 0.827. The smallest absolute Gasteiger partial charge is 0.185 e. The van der Waals surface area contributed by atoms with Crippen molar-refractivity contribution in [1.82, 2.24) is 0 Å². The Morgan fingerprint density at radius 2 is 2.00 bits per heavy atom. The van der Waals surface area contributed by atoms with Crippen molar-refractivity contribution < 1.29 is 4.79 Å². The zero-order chi connectivity index (χ0) is 10.3. The van der Waals surface area contributed by atoms with Gasteiger partial charge in [-0.25, -0.2) is 0 Å². The summed E-state index contributed by atoms with van der Waals surface area (Å²) in [5.41, 5.74) is 10.3. The van der Waals surface area contributed by atoms with Crippen LogP contribution in [0.3, 0.4) is 0 Å². The van der Waals surface area contributed by atoms with E-state index in [1.165, 1.54) is 0 Å². The molecule has 0 unspecified atom stereocenters. The second kappa shape index (κ2) is 6.46. The van der Waals surface area contributed by atoms with E-state index >= 15 is 0 Å². The number of nitrogens with two attached hydrogens (primary N) is 2. The summed E-state index contributed by atoms with van der Waals surface area (Å²) in [5, 5.41) is 0. The maximum Gasteiger partial charge on any atom is 0.185 e. The third-order valence-corrected chi connectivity index (χ3v) is 1.54. The molecule has 0 bridgehead atoms. The van der Waals surface area contributed by atoms with Gasteiger partial charge in [-0.2, -0.15) is 0 Å². The molecule has 0 heterocycles. The summed E-state index contributed by atoms with van der Waals surface area (Å²) in [4.78, 5) is 15.0. The van der Waals surface area contributed by atoms with Gasteiger partial charge < -0.3 is 11.5 Å². The Bertz CT molecular complexity index is 183. The van der Waals surface area contributed by atoms with Gasteiger partial charge in [0, 0.05) is 19.4 Å². The zero-order valence-corrected chi connectivity index (χ0v) is 8.42. The minimum atomic E-state index is 0.0938. The molecule has 0 aliphatic rings. The van der Waals surface area contributed by atoms with Crippen molar-refractivity contribution in [3.63, 3.8) is 0 Å². The minimum Gasteiger partial charge on any atom is -0.370 e. The van der Waals surface area contributed by atoms with Crippen LogP contribution in [0.2, 0.25) is 0 Å². The van der Waals surface area contributed by atoms with E-state index < -0.39 is 0 Å². The van der Waals surface area contributed by atoms with Crippen LogP contribution < -0.4 is 11.5 Å². The monoisotopic (exact) mass is 185 g/mol. The average Bonchev–Trinajstić information content (AvgIpc) is 1.96. The Labute approximate surface area is 79.4 Å². The van der Waals surface area contributed by atoms with Crippen LogP contribution in [0.25, 0.3) is 0 Å². The van der Waals surface area contributed by atoms with Gasteiger partial charge >= 0.3 is 0 Å². The number of ketones is 1. The van der Waals surface area contributed by atoms with Gasteiger partial charge in [0.1, 0.15) is 5.78 Å². The molecule has 4 nitrogen and oxygen atoms in total. The van der Waals surface area contributed by atoms with E-state index in [0.717, 1.165) is 6.42 Å². The maximum absolute atomic E-state index is 11.2. The number of rotatable bonds is 6. The summed E-state index contributed by atoms with van der Waals surface area (Å²) in [6, 6.07) is 0. The molecule has 0 amide bonds. The van der Waals surface area contributed by atoms with Crippen LogP contribution in [0.4, 0.5) is 0 Å². The first-order valence-electron chi connectivity index (χ1n) is 4.59. The normalized spacial score (nSPS) is 10.1. The molecule has 0 aromatic rings. The van der Waals surface area contributed by atoms with Crippen LogP contribution in [0.15, 0.2) is 4.99 Å². The lowest BCUT2D eigenvalue weighted by Gasteiger charge is -2.02. The van der Waals surface area contributed by atoms with Gasteiger partial charge in [0.15, 0.2) is 5.96 Å². The molecule has 0 saturated heterocycles. The molecule has 0 fully saturated rings. The number of carbonyl (C=O) groups is 1. The predicted octanol–water partition coefficient (Wildman–Crippen LogP) is 0.655. The third-order valence-electron chi connectivity index (χ3n) is 1.54. The highest BCUT2D eigenvalue weighted by Crippen LogP contribution is 2.04. The molecule has 0 atom stereocenters. The molecule has 0 spiro atoms. The fraction of sp³-hybridized carbons (Fsp3) is 0.778. The molecule has 76 valence electrons. The quantitative estimate of drug-likeness (QED) is 0.362. The van der Waals surface area contributed by atoms with E-state index in [4.69, 9.17) is 11.5 Å². The van der Waals surface area contributed by atoms with E-state index in [1.807, 2.05) is 13.8 Å². The maximum atomic E-state index is 11.2. The largest absolute Gasteiger partial charge is 0.370 e. The van der Waals surface area contributed by atoms with Crippen LogP contribution in [0, 0.1) is 5.92 Å². The first-order valence-corrected chi connectivity index (χ1v) is 4.59. The van der Waals surface area contributed by atoms with Crippen LogP contribution in [-0.2, 0) is 4.79 Å². The van der Waals surface area contributed by atoms with Crippen LogP contribution in [0.5, 0.6) is 0 Å². The molecule has 0 aliphatic heterocycles. The van der Waals surface area contributed by atoms with Gasteiger partial charge in [0.2, 0.25) is 0 Å². The highest BCUT2D eigenvalue weighted by atomic mass is 16.1. The van der Waals surface area contributed by atoms with E-state index in [9.17, 15) is 4.79 Å². The van der Waals surface area contributed by atoms with Crippen molar-refractivity contribution >= 4 is 11.7 Å². The molecule has 0 aromatic carbocycles. The predicted molar refractivity (Wildman–Crippen MR) is 54.4 cm³/mol. The molecule has 0 saturated carbocycles. The van der Waals surface area contributed by atoms with Gasteiger partial charge in [0.25, 0.3) is 0 Å². The van der Waals surface area contributed by atoms with Crippen LogP contribution in [-0.4, -0.2) is 18.3 Å². The van der Waals surface area contributed by atoms with Gasteiger partial charge in [-0.05, 0) is 12.3 Å². The average molecular weight is 185 g/mol. The molecule has 0 rings (SSSR count). The zero-order valence-electron chi connectivity index (χ0n) is 8.42. The highest BCUT2D eigenvalue weighted by Gasteiger charge is 2.03. The van der Waals surface area contributed by atoms with Crippen molar-refractivity contribution in [2.24, 2.45) is 22.4 Å². The number of nitrogens with zero attached hydrogens (tertiary/aromatic N) is 1. The Balaban J connectivity index is 3.43. The number of aliphatic imine (C=N–C) groups is 1. The standard InChI is InChI=1S/C9H19N3O/c1-7(2)6-8(13)4-3-5-12-9(10)11/h7H,3-6H2,1-2H3,(H4,10,11,12). The SMILES string of the molecule is CC(C)CC(=O)CCCN=C(N)N. The van der Waals surface area contributed by atoms with E-state index in [0.29, 0.717) is 31.1 Å². The topological polar surface area (TPSA) is 81.5 Å². The number of hydrogen-bond donors (Lipinski definition) is 2. The summed E-state index contributed by atoms with van der Waals surface area (Å²) in [6.07, 6.45) is 1.97. The van der Waals surface area contributed by atoms with Gasteiger partial charge in [-0.15, -0.1) is 0 Å². The molecule has 4 N–H and O–H groups in total. The lowest BCUT2D eigenvalue weighted by atomic mass is 10.0. The minimum absolute atomic E-state index is 0.0938. The van der Waals surface area contributed by atoms with Crippen LogP contribution in [0.1, 0.15) is 33.1 Å². The van der Waals surface area contributed by atoms with Crippen LogP contribution >= 0.6 is 0 Å². The van der Waals surface area contributed by atoms with Gasteiger partial charge in [-0.3, -0.25) is 9.79 Å². The number of hydrogen-bond acceptors (Lipinski definition) is 2. The third kappa shape index (κ3) is 8.85. The Kier molecular flexibility index (Phi) is 5.93. The fourth-order valence-electron chi connectivity index (χ4n) is 1.04. The van der Waals surface area contributed by atoms with E-state index in [1.54, 1.807) is 0 Å². The second-order valence-electron chi connectivity index (χ2n) is 3.55. The van der Waals surface area contributed by atoms with E-state index in [-0.39, 0.29) is 5.96 Å². The lowest BCUT2D eigenvalue weighted by molar-refractivity contribution is -0.119. The summed E-state index contributed by atoms with van der Waals surface area (Å²) in [6.45, 7) is 4.62. The molecule has 4 heteroatoms. The Hall–Kier alpha value is -1.06. The summed E-state index contributed by atoms with van der Waals surface area (Å²) < 4.78 is 0. The Morgan fingerprint density at radius 1 is 1.38 bits per heavy atom. The van der Waals surface area contributed by atoms with Gasteiger partial charge in [-0.1, -0.05) is 13.8 Å². The first kappa shape index (κ1) is 11.9. The lowest BCUT2D eigenvalue weighted by Crippen LogP contribution is -2.23. The molecular weight excluding hydrogens is 166 g/mol. The molecule has 0 radical (unpaired) electrons. The number of Topliss-reactive ketones (excluding diaryl/α,β-unsaturated/α-hetero) is 1. The number of carbonyl (C=O) groups excluding carboxylic acids is 1. The summed E-state index contributed by atoms with van der Waals surface area (Å²) in [7, 11) is 0. The van der Waals surface area contributed by atoms with Crippen molar-refractivity contribution in [2.45, 2.75) is 33.1 Å². The highest BCUT2D eigenvalue weighted by molar-refractivity contribution is 5.78.